The SMILES string of the molecule is COC(=O)C[C@H](C)OS(=O)(=O)c1ccc(C)cc1. The molecule has 18 heavy (non-hydrogen) atoms. The van der Waals surface area contributed by atoms with Gasteiger partial charge in [-0.2, -0.15) is 8.42 Å². The number of carbonyl (C=O) groups excluding carboxylic acids is 1. The van der Waals surface area contributed by atoms with E-state index in [0.717, 1.165) is 5.56 Å². The van der Waals surface area contributed by atoms with Crippen LogP contribution >= 0.6 is 0 Å². The fourth-order valence-electron chi connectivity index (χ4n) is 1.33. The monoisotopic (exact) mass is 272 g/mol. The minimum Gasteiger partial charge on any atom is -0.469 e. The van der Waals surface area contributed by atoms with E-state index in [1.807, 2.05) is 6.92 Å². The lowest BCUT2D eigenvalue weighted by Crippen LogP contribution is -2.19. The van der Waals surface area contributed by atoms with Gasteiger partial charge in [0.2, 0.25) is 0 Å². The number of ether oxygens (including phenoxy) is 1. The van der Waals surface area contributed by atoms with Crippen molar-refractivity contribution >= 4 is 16.1 Å². The first kappa shape index (κ1) is 14.7. The van der Waals surface area contributed by atoms with E-state index >= 15 is 0 Å². The summed E-state index contributed by atoms with van der Waals surface area (Å²) < 4.78 is 33.0. The molecule has 0 aliphatic carbocycles. The zero-order valence-corrected chi connectivity index (χ0v) is 11.4. The summed E-state index contributed by atoms with van der Waals surface area (Å²) in [6, 6.07) is 6.30. The smallest absolute Gasteiger partial charge is 0.308 e. The van der Waals surface area contributed by atoms with Crippen molar-refractivity contribution in [1.82, 2.24) is 0 Å². The van der Waals surface area contributed by atoms with Crippen LogP contribution in [0.25, 0.3) is 0 Å². The predicted octanol–water partition coefficient (Wildman–Crippen LogP) is 1.65. The lowest BCUT2D eigenvalue weighted by Gasteiger charge is -2.11. The number of benzene rings is 1. The van der Waals surface area contributed by atoms with Crippen molar-refractivity contribution in [3.63, 3.8) is 0 Å². The van der Waals surface area contributed by atoms with E-state index in [1.165, 1.54) is 26.2 Å². The highest BCUT2D eigenvalue weighted by Gasteiger charge is 2.20. The third kappa shape index (κ3) is 4.12. The molecule has 5 nitrogen and oxygen atoms in total. The molecule has 0 heterocycles. The van der Waals surface area contributed by atoms with Crippen molar-refractivity contribution in [3.05, 3.63) is 29.8 Å². The van der Waals surface area contributed by atoms with Crippen LogP contribution in [-0.4, -0.2) is 27.6 Å². The van der Waals surface area contributed by atoms with E-state index in [0.29, 0.717) is 0 Å². The van der Waals surface area contributed by atoms with Gasteiger partial charge < -0.3 is 4.74 Å². The summed E-state index contributed by atoms with van der Waals surface area (Å²) in [6.07, 6.45) is -0.870. The summed E-state index contributed by atoms with van der Waals surface area (Å²) in [6.45, 7) is 3.36. The number of rotatable bonds is 5. The van der Waals surface area contributed by atoms with Crippen LogP contribution in [0.3, 0.4) is 0 Å². The Bertz CT molecular complexity index is 504. The second-order valence-corrected chi connectivity index (χ2v) is 5.53. The quantitative estimate of drug-likeness (QED) is 0.602. The molecule has 0 spiro atoms. The molecule has 0 aliphatic heterocycles. The average Bonchev–Trinajstić information content (AvgIpc) is 2.28. The van der Waals surface area contributed by atoms with Crippen molar-refractivity contribution < 1.29 is 22.1 Å². The van der Waals surface area contributed by atoms with Gasteiger partial charge in [-0.3, -0.25) is 8.98 Å². The molecule has 0 fully saturated rings. The van der Waals surface area contributed by atoms with Gasteiger partial charge in [-0.15, -0.1) is 0 Å². The molecule has 1 aromatic carbocycles. The Morgan fingerprint density at radius 1 is 1.28 bits per heavy atom. The highest BCUT2D eigenvalue weighted by atomic mass is 32.2. The van der Waals surface area contributed by atoms with Crippen LogP contribution in [0.4, 0.5) is 0 Å². The number of aryl methyl sites for hydroxylation is 1. The molecule has 100 valence electrons. The van der Waals surface area contributed by atoms with Gasteiger partial charge >= 0.3 is 5.97 Å². The zero-order valence-electron chi connectivity index (χ0n) is 10.5. The Balaban J connectivity index is 2.76. The molecule has 0 bridgehead atoms. The summed E-state index contributed by atoms with van der Waals surface area (Å²) in [5, 5.41) is 0. The zero-order chi connectivity index (χ0) is 13.8. The Labute approximate surface area is 107 Å². The van der Waals surface area contributed by atoms with E-state index in [9.17, 15) is 13.2 Å². The Kier molecular flexibility index (Phi) is 4.86. The lowest BCUT2D eigenvalue weighted by atomic mass is 10.2. The molecule has 1 atom stereocenters. The number of hydrogen-bond acceptors (Lipinski definition) is 5. The fraction of sp³-hybridized carbons (Fsp3) is 0.417. The van der Waals surface area contributed by atoms with Crippen LogP contribution in [0.2, 0.25) is 0 Å². The molecule has 0 unspecified atom stereocenters. The van der Waals surface area contributed by atoms with Gasteiger partial charge in [0.1, 0.15) is 0 Å². The molecule has 1 rings (SSSR count). The Morgan fingerprint density at radius 3 is 2.33 bits per heavy atom. The van der Waals surface area contributed by atoms with Crippen molar-refractivity contribution in [2.24, 2.45) is 0 Å². The second kappa shape index (κ2) is 5.97. The van der Waals surface area contributed by atoms with Gasteiger partial charge in [-0.05, 0) is 26.0 Å². The van der Waals surface area contributed by atoms with Crippen LogP contribution in [-0.2, 0) is 23.8 Å². The van der Waals surface area contributed by atoms with Crippen LogP contribution in [0.15, 0.2) is 29.2 Å². The predicted molar refractivity (Wildman–Crippen MR) is 65.5 cm³/mol. The molecule has 1 aromatic rings. The standard InChI is InChI=1S/C12H16O5S/c1-9-4-6-11(7-5-9)18(14,15)17-10(2)8-12(13)16-3/h4-7,10H,8H2,1-3H3/t10-/m0/s1. The molecular formula is C12H16O5S. The Morgan fingerprint density at radius 2 is 1.83 bits per heavy atom. The first-order chi connectivity index (χ1) is 8.35. The molecule has 0 saturated heterocycles. The second-order valence-electron chi connectivity index (χ2n) is 3.95. The number of methoxy groups -OCH3 is 1. The van der Waals surface area contributed by atoms with Crippen molar-refractivity contribution in [2.45, 2.75) is 31.3 Å². The molecular weight excluding hydrogens is 256 g/mol. The minimum atomic E-state index is -3.84. The maximum atomic E-state index is 11.8. The fourth-order valence-corrected chi connectivity index (χ4v) is 2.41. The molecule has 0 amide bonds. The highest BCUT2D eigenvalue weighted by Crippen LogP contribution is 2.16. The van der Waals surface area contributed by atoms with E-state index in [2.05, 4.69) is 4.74 Å². The van der Waals surface area contributed by atoms with Crippen LogP contribution < -0.4 is 0 Å². The highest BCUT2D eigenvalue weighted by molar-refractivity contribution is 7.86. The summed E-state index contributed by atoms with van der Waals surface area (Å²) in [5.74, 6) is -0.512. The first-order valence-electron chi connectivity index (χ1n) is 5.42. The number of esters is 1. The molecule has 0 aromatic heterocycles. The van der Waals surface area contributed by atoms with Gasteiger partial charge in [0, 0.05) is 0 Å². The molecule has 6 heteroatoms. The maximum Gasteiger partial charge on any atom is 0.308 e. The van der Waals surface area contributed by atoms with Crippen molar-refractivity contribution in [3.8, 4) is 0 Å². The van der Waals surface area contributed by atoms with Crippen molar-refractivity contribution in [2.75, 3.05) is 7.11 Å². The maximum absolute atomic E-state index is 11.8. The Hall–Kier alpha value is -1.40. The topological polar surface area (TPSA) is 69.7 Å². The molecule has 0 aliphatic rings. The van der Waals surface area contributed by atoms with Crippen LogP contribution in [0, 0.1) is 6.92 Å². The minimum absolute atomic E-state index is 0.0739. The summed E-state index contributed by atoms with van der Waals surface area (Å²) in [5.41, 5.74) is 0.955. The average molecular weight is 272 g/mol. The first-order valence-corrected chi connectivity index (χ1v) is 6.83. The molecule has 0 radical (unpaired) electrons. The van der Waals surface area contributed by atoms with Crippen molar-refractivity contribution in [1.29, 1.82) is 0 Å². The van der Waals surface area contributed by atoms with E-state index in [-0.39, 0.29) is 11.3 Å². The third-order valence-corrected chi connectivity index (χ3v) is 3.71. The molecule has 0 saturated carbocycles. The van der Waals surface area contributed by atoms with Crippen LogP contribution in [0.1, 0.15) is 18.9 Å². The van der Waals surface area contributed by atoms with Gasteiger partial charge in [-0.1, -0.05) is 17.7 Å². The summed E-state index contributed by atoms with van der Waals surface area (Å²) >= 11 is 0. The number of carbonyl (C=O) groups is 1. The van der Waals surface area contributed by atoms with Gasteiger partial charge in [0.25, 0.3) is 10.1 Å². The van der Waals surface area contributed by atoms with Gasteiger partial charge in [0.05, 0.1) is 24.5 Å². The third-order valence-electron chi connectivity index (χ3n) is 2.28. The molecule has 0 N–H and O–H groups in total. The summed E-state index contributed by atoms with van der Waals surface area (Å²) in [4.78, 5) is 11.1. The van der Waals surface area contributed by atoms with Gasteiger partial charge in [-0.25, -0.2) is 0 Å². The number of hydrogen-bond donors (Lipinski definition) is 0. The van der Waals surface area contributed by atoms with Crippen LogP contribution in [0.5, 0.6) is 0 Å². The van der Waals surface area contributed by atoms with E-state index in [4.69, 9.17) is 4.18 Å². The van der Waals surface area contributed by atoms with E-state index < -0.39 is 22.2 Å². The summed E-state index contributed by atoms with van der Waals surface area (Å²) in [7, 11) is -2.60. The van der Waals surface area contributed by atoms with Gasteiger partial charge in [0.15, 0.2) is 0 Å². The van der Waals surface area contributed by atoms with E-state index in [1.54, 1.807) is 12.1 Å². The normalized spacial score (nSPS) is 13.1. The largest absolute Gasteiger partial charge is 0.469 e. The lowest BCUT2D eigenvalue weighted by molar-refractivity contribution is -0.142.